The van der Waals surface area contributed by atoms with E-state index in [4.69, 9.17) is 31.8 Å². The van der Waals surface area contributed by atoms with Crippen molar-refractivity contribution in [2.45, 2.75) is 67.5 Å². The van der Waals surface area contributed by atoms with Crippen LogP contribution in [0.1, 0.15) is 6.42 Å². The van der Waals surface area contributed by atoms with Crippen molar-refractivity contribution in [2.75, 3.05) is 6.61 Å². The fourth-order valence-corrected chi connectivity index (χ4v) is 2.85. The van der Waals surface area contributed by atoms with E-state index in [9.17, 15) is 20.4 Å². The van der Waals surface area contributed by atoms with Crippen LogP contribution in [0.3, 0.4) is 0 Å². The molecule has 1 saturated heterocycles. The molecule has 0 aromatic heterocycles. The summed E-state index contributed by atoms with van der Waals surface area (Å²) >= 11 is 0. The van der Waals surface area contributed by atoms with Crippen LogP contribution in [0.25, 0.3) is 0 Å². The number of ether oxygens (including phenoxy) is 2. The van der Waals surface area contributed by atoms with E-state index in [1.54, 1.807) is 0 Å². The minimum Gasteiger partial charge on any atom is -0.394 e. The molecule has 0 bridgehead atoms. The highest BCUT2D eigenvalue weighted by Crippen LogP contribution is 2.27. The Labute approximate surface area is 127 Å². The van der Waals surface area contributed by atoms with E-state index < -0.39 is 67.6 Å². The lowest BCUT2D eigenvalue weighted by atomic mass is 9.84. The first kappa shape index (κ1) is 17.9. The lowest BCUT2D eigenvalue weighted by Gasteiger charge is -2.45. The minimum atomic E-state index is -1.37. The Kier molecular flexibility index (Phi) is 5.72. The fourth-order valence-electron chi connectivity index (χ4n) is 2.85. The molecule has 6 unspecified atom stereocenters. The lowest BCUT2D eigenvalue weighted by Crippen LogP contribution is -2.67. The molecule has 0 aromatic carbocycles. The van der Waals surface area contributed by atoms with Crippen LogP contribution in [0, 0.1) is 0 Å². The van der Waals surface area contributed by atoms with Crippen molar-refractivity contribution in [3.05, 3.63) is 0 Å². The van der Waals surface area contributed by atoms with Crippen LogP contribution in [0.2, 0.25) is 0 Å². The molecule has 1 aliphatic heterocycles. The van der Waals surface area contributed by atoms with Crippen LogP contribution in [-0.4, -0.2) is 93.2 Å². The Bertz CT molecular complexity index is 375. The molecule has 1 heterocycles. The number of rotatable bonds is 3. The normalized spacial score (nSPS) is 53.5. The van der Waals surface area contributed by atoms with Crippen LogP contribution in [0.4, 0.5) is 0 Å². The van der Waals surface area contributed by atoms with Crippen LogP contribution in [0.15, 0.2) is 0 Å². The van der Waals surface area contributed by atoms with Gasteiger partial charge in [0.15, 0.2) is 6.29 Å². The molecular formula is C12H25N3O7. The highest BCUT2D eigenvalue weighted by atomic mass is 16.7. The number of hydrogen-bond acceptors (Lipinski definition) is 10. The highest BCUT2D eigenvalue weighted by Gasteiger charge is 2.47. The average Bonchev–Trinajstić information content (AvgIpc) is 2.49. The second kappa shape index (κ2) is 7.01. The summed E-state index contributed by atoms with van der Waals surface area (Å²) in [7, 11) is 0. The van der Waals surface area contributed by atoms with Gasteiger partial charge in [-0.25, -0.2) is 0 Å². The number of aliphatic hydroxyl groups is 5. The SMILES string of the molecule is NC1C(O)[C@H](O)C(CO)O[C@@H]1O[C@H]1C(N)C[C@@H](N)C(O)C1O. The van der Waals surface area contributed by atoms with E-state index >= 15 is 0 Å². The summed E-state index contributed by atoms with van der Waals surface area (Å²) in [4.78, 5) is 0. The Balaban J connectivity index is 2.08. The first-order chi connectivity index (χ1) is 10.3. The topological polar surface area (TPSA) is 198 Å². The molecular weight excluding hydrogens is 298 g/mol. The summed E-state index contributed by atoms with van der Waals surface area (Å²) in [5.41, 5.74) is 17.3. The van der Waals surface area contributed by atoms with Gasteiger partial charge in [0.1, 0.15) is 30.5 Å². The summed E-state index contributed by atoms with van der Waals surface area (Å²) in [6.45, 7) is -0.544. The second-order valence-corrected chi connectivity index (χ2v) is 5.93. The van der Waals surface area contributed by atoms with E-state index in [-0.39, 0.29) is 6.42 Å². The van der Waals surface area contributed by atoms with Crippen molar-refractivity contribution in [2.24, 2.45) is 17.2 Å². The first-order valence-corrected chi connectivity index (χ1v) is 7.18. The molecule has 2 aliphatic rings. The predicted octanol–water partition coefficient (Wildman–Crippen LogP) is -5.08. The molecule has 130 valence electrons. The zero-order valence-electron chi connectivity index (χ0n) is 12.0. The molecule has 10 heteroatoms. The number of nitrogens with two attached hydrogens (primary N) is 3. The minimum absolute atomic E-state index is 0.222. The summed E-state index contributed by atoms with van der Waals surface area (Å²) in [5.74, 6) is 0. The largest absolute Gasteiger partial charge is 0.394 e. The zero-order valence-corrected chi connectivity index (χ0v) is 12.0. The summed E-state index contributed by atoms with van der Waals surface area (Å²) in [5, 5.41) is 48.6. The fraction of sp³-hybridized carbons (Fsp3) is 1.00. The molecule has 1 aliphatic carbocycles. The van der Waals surface area contributed by atoms with Gasteiger partial charge in [-0.3, -0.25) is 0 Å². The van der Waals surface area contributed by atoms with Crippen molar-refractivity contribution in [1.29, 1.82) is 0 Å². The number of aliphatic hydroxyl groups excluding tert-OH is 5. The summed E-state index contributed by atoms with van der Waals surface area (Å²) < 4.78 is 10.8. The maximum Gasteiger partial charge on any atom is 0.176 e. The van der Waals surface area contributed by atoms with E-state index in [1.165, 1.54) is 0 Å². The van der Waals surface area contributed by atoms with Gasteiger partial charge < -0.3 is 52.2 Å². The Morgan fingerprint density at radius 2 is 1.55 bits per heavy atom. The van der Waals surface area contributed by atoms with E-state index in [0.717, 1.165) is 0 Å². The zero-order chi connectivity index (χ0) is 16.6. The third-order valence-electron chi connectivity index (χ3n) is 4.31. The van der Waals surface area contributed by atoms with Gasteiger partial charge in [-0.05, 0) is 6.42 Å². The van der Waals surface area contributed by atoms with Crippen LogP contribution in [0.5, 0.6) is 0 Å². The molecule has 22 heavy (non-hydrogen) atoms. The van der Waals surface area contributed by atoms with Gasteiger partial charge in [-0.1, -0.05) is 0 Å². The van der Waals surface area contributed by atoms with Crippen molar-refractivity contribution >= 4 is 0 Å². The molecule has 0 aromatic rings. The summed E-state index contributed by atoms with van der Waals surface area (Å²) in [6.07, 6.45) is -8.36. The van der Waals surface area contributed by atoms with Crippen LogP contribution < -0.4 is 17.2 Å². The van der Waals surface area contributed by atoms with Crippen molar-refractivity contribution < 1.29 is 35.0 Å². The summed E-state index contributed by atoms with van der Waals surface area (Å²) in [6, 6.07) is -2.45. The van der Waals surface area contributed by atoms with Gasteiger partial charge in [0, 0.05) is 12.1 Å². The van der Waals surface area contributed by atoms with Crippen molar-refractivity contribution in [1.82, 2.24) is 0 Å². The van der Waals surface area contributed by atoms with Gasteiger partial charge in [0.2, 0.25) is 0 Å². The maximum atomic E-state index is 10.0. The van der Waals surface area contributed by atoms with Gasteiger partial charge in [-0.15, -0.1) is 0 Å². The predicted molar refractivity (Wildman–Crippen MR) is 73.2 cm³/mol. The van der Waals surface area contributed by atoms with Gasteiger partial charge in [0.25, 0.3) is 0 Å². The molecule has 0 spiro atoms. The molecule has 2 fully saturated rings. The standard InChI is InChI=1S/C12H25N3O7/c13-3-1-4(14)11(10(20)7(3)17)22-12-6(15)9(19)8(18)5(2-16)21-12/h3-12,16-20H,1-2,13-15H2/t3-,4?,5?,6?,7?,8-,9?,10?,11+,12-/m1/s1. The Morgan fingerprint density at radius 3 is 2.14 bits per heavy atom. The van der Waals surface area contributed by atoms with Crippen molar-refractivity contribution in [3.8, 4) is 0 Å². The van der Waals surface area contributed by atoms with E-state index in [2.05, 4.69) is 0 Å². The van der Waals surface area contributed by atoms with E-state index in [0.29, 0.717) is 0 Å². The quantitative estimate of drug-likeness (QED) is 0.248. The smallest absolute Gasteiger partial charge is 0.176 e. The third kappa shape index (κ3) is 3.26. The van der Waals surface area contributed by atoms with Crippen LogP contribution in [-0.2, 0) is 9.47 Å². The lowest BCUT2D eigenvalue weighted by molar-refractivity contribution is -0.293. The molecule has 0 amide bonds. The van der Waals surface area contributed by atoms with Gasteiger partial charge in [-0.2, -0.15) is 0 Å². The number of hydrogen-bond donors (Lipinski definition) is 8. The molecule has 11 N–H and O–H groups in total. The second-order valence-electron chi connectivity index (χ2n) is 5.93. The maximum absolute atomic E-state index is 10.0. The monoisotopic (exact) mass is 323 g/mol. The highest BCUT2D eigenvalue weighted by molar-refractivity contribution is 4.99. The molecule has 1 saturated carbocycles. The molecule has 10 nitrogen and oxygen atoms in total. The average molecular weight is 323 g/mol. The van der Waals surface area contributed by atoms with Gasteiger partial charge in [0.05, 0.1) is 18.8 Å². The Hall–Kier alpha value is -0.400. The first-order valence-electron chi connectivity index (χ1n) is 7.18. The Morgan fingerprint density at radius 1 is 0.909 bits per heavy atom. The van der Waals surface area contributed by atoms with E-state index in [1.807, 2.05) is 0 Å². The van der Waals surface area contributed by atoms with Gasteiger partial charge >= 0.3 is 0 Å². The molecule has 0 radical (unpaired) electrons. The third-order valence-corrected chi connectivity index (χ3v) is 4.31. The van der Waals surface area contributed by atoms with Crippen molar-refractivity contribution in [3.63, 3.8) is 0 Å². The molecule has 10 atom stereocenters. The molecule has 2 rings (SSSR count). The van der Waals surface area contributed by atoms with Crippen LogP contribution >= 0.6 is 0 Å².